The summed E-state index contributed by atoms with van der Waals surface area (Å²) < 4.78 is 36.8. The number of amides is 2. The Morgan fingerprint density at radius 2 is 1.82 bits per heavy atom. The second kappa shape index (κ2) is 10.3. The zero-order valence-corrected chi connectivity index (χ0v) is 17.0. The first-order chi connectivity index (χ1) is 13.4. The highest BCUT2D eigenvalue weighted by Gasteiger charge is 2.24. The van der Waals surface area contributed by atoms with Crippen LogP contribution in [-0.2, 0) is 19.6 Å². The molecule has 0 bridgehead atoms. The Morgan fingerprint density at radius 3 is 2.39 bits per heavy atom. The molecule has 0 atom stereocenters. The van der Waals surface area contributed by atoms with Crippen molar-refractivity contribution in [2.75, 3.05) is 33.4 Å². The van der Waals surface area contributed by atoms with E-state index in [9.17, 15) is 18.0 Å². The molecule has 156 valence electrons. The summed E-state index contributed by atoms with van der Waals surface area (Å²) >= 11 is 0. The number of likely N-dealkylation sites (tertiary alicyclic amines) is 1. The minimum Gasteiger partial charge on any atom is -0.497 e. The van der Waals surface area contributed by atoms with Crippen LogP contribution < -0.4 is 14.8 Å². The average molecular weight is 413 g/mol. The van der Waals surface area contributed by atoms with Gasteiger partial charge in [0.1, 0.15) is 5.75 Å². The predicted molar refractivity (Wildman–Crippen MR) is 103 cm³/mol. The lowest BCUT2D eigenvalue weighted by Crippen LogP contribution is -2.47. The van der Waals surface area contributed by atoms with E-state index >= 15 is 0 Å². The molecule has 0 saturated carbocycles. The second-order valence-corrected chi connectivity index (χ2v) is 8.12. The van der Waals surface area contributed by atoms with Crippen LogP contribution in [-0.4, -0.2) is 64.7 Å². The molecule has 9 nitrogen and oxygen atoms in total. The SMILES string of the molecule is CCOC(=O)N1CCC(NC(=O)CCNS(=O)(=O)c2ccc(OC)cc2)CC1. The molecule has 1 heterocycles. The van der Waals surface area contributed by atoms with Gasteiger partial charge in [0.15, 0.2) is 0 Å². The molecule has 0 spiro atoms. The zero-order valence-electron chi connectivity index (χ0n) is 16.1. The van der Waals surface area contributed by atoms with Crippen molar-refractivity contribution in [2.45, 2.75) is 37.1 Å². The first kappa shape index (κ1) is 22.0. The number of carbonyl (C=O) groups excluding carboxylic acids is 2. The van der Waals surface area contributed by atoms with Crippen LogP contribution in [0, 0.1) is 0 Å². The van der Waals surface area contributed by atoms with Gasteiger partial charge in [-0.3, -0.25) is 4.79 Å². The quantitative estimate of drug-likeness (QED) is 0.660. The van der Waals surface area contributed by atoms with Gasteiger partial charge in [0.2, 0.25) is 15.9 Å². The highest BCUT2D eigenvalue weighted by atomic mass is 32.2. The molecule has 28 heavy (non-hydrogen) atoms. The molecule has 2 rings (SSSR count). The van der Waals surface area contributed by atoms with Gasteiger partial charge in [0.25, 0.3) is 0 Å². The lowest BCUT2D eigenvalue weighted by molar-refractivity contribution is -0.121. The molecule has 1 aromatic rings. The highest BCUT2D eigenvalue weighted by molar-refractivity contribution is 7.89. The van der Waals surface area contributed by atoms with E-state index in [0.29, 0.717) is 38.3 Å². The Morgan fingerprint density at radius 1 is 1.18 bits per heavy atom. The zero-order chi connectivity index (χ0) is 20.6. The van der Waals surface area contributed by atoms with Gasteiger partial charge in [-0.1, -0.05) is 0 Å². The maximum atomic E-state index is 12.2. The lowest BCUT2D eigenvalue weighted by atomic mass is 10.1. The van der Waals surface area contributed by atoms with Gasteiger partial charge in [-0.25, -0.2) is 17.9 Å². The Balaban J connectivity index is 1.72. The van der Waals surface area contributed by atoms with Crippen molar-refractivity contribution in [3.8, 4) is 5.75 Å². The normalized spacial score (nSPS) is 15.1. The maximum Gasteiger partial charge on any atom is 0.409 e. The maximum absolute atomic E-state index is 12.2. The van der Waals surface area contributed by atoms with Crippen LogP contribution in [0.15, 0.2) is 29.2 Å². The third-order valence-electron chi connectivity index (χ3n) is 4.40. The predicted octanol–water partition coefficient (Wildman–Crippen LogP) is 1.10. The second-order valence-electron chi connectivity index (χ2n) is 6.35. The molecule has 1 aromatic carbocycles. The third-order valence-corrected chi connectivity index (χ3v) is 5.88. The number of hydrogen-bond acceptors (Lipinski definition) is 6. The first-order valence-electron chi connectivity index (χ1n) is 9.20. The molecule has 0 unspecified atom stereocenters. The third kappa shape index (κ3) is 6.38. The molecule has 1 saturated heterocycles. The number of ether oxygens (including phenoxy) is 2. The fourth-order valence-electron chi connectivity index (χ4n) is 2.86. The van der Waals surface area contributed by atoms with Crippen LogP contribution in [0.2, 0.25) is 0 Å². The summed E-state index contributed by atoms with van der Waals surface area (Å²) in [6.45, 7) is 3.14. The summed E-state index contributed by atoms with van der Waals surface area (Å²) in [4.78, 5) is 25.5. The van der Waals surface area contributed by atoms with Crippen molar-refractivity contribution >= 4 is 22.0 Å². The van der Waals surface area contributed by atoms with E-state index in [1.54, 1.807) is 24.0 Å². The lowest BCUT2D eigenvalue weighted by Gasteiger charge is -2.31. The molecule has 1 aliphatic rings. The van der Waals surface area contributed by atoms with E-state index in [1.165, 1.54) is 19.2 Å². The topological polar surface area (TPSA) is 114 Å². The fourth-order valence-corrected chi connectivity index (χ4v) is 3.89. The van der Waals surface area contributed by atoms with Crippen LogP contribution >= 0.6 is 0 Å². The minimum absolute atomic E-state index is 0.00185. The summed E-state index contributed by atoms with van der Waals surface area (Å²) in [6, 6.07) is 5.97. The summed E-state index contributed by atoms with van der Waals surface area (Å²) in [6.07, 6.45) is 0.984. The van der Waals surface area contributed by atoms with Gasteiger partial charge in [0.05, 0.1) is 18.6 Å². The molecule has 2 N–H and O–H groups in total. The number of carbonyl (C=O) groups is 2. The Labute approximate surface area is 165 Å². The summed E-state index contributed by atoms with van der Waals surface area (Å²) in [5.74, 6) is 0.333. The number of nitrogens with zero attached hydrogens (tertiary/aromatic N) is 1. The fraction of sp³-hybridized carbons (Fsp3) is 0.556. The molecule has 0 radical (unpaired) electrons. The number of piperidine rings is 1. The van der Waals surface area contributed by atoms with Crippen LogP contribution in [0.3, 0.4) is 0 Å². The largest absolute Gasteiger partial charge is 0.497 e. The molecule has 10 heteroatoms. The standard InChI is InChI=1S/C18H27N3O6S/c1-3-27-18(23)21-12-9-14(10-13-21)20-17(22)8-11-19-28(24,25)16-6-4-15(26-2)5-7-16/h4-7,14,19H,3,8-13H2,1-2H3,(H,20,22). The highest BCUT2D eigenvalue weighted by Crippen LogP contribution is 2.15. The molecular formula is C18H27N3O6S. The van der Waals surface area contributed by atoms with Crippen molar-refractivity contribution < 1.29 is 27.5 Å². The number of methoxy groups -OCH3 is 1. The van der Waals surface area contributed by atoms with Gasteiger partial charge >= 0.3 is 6.09 Å². The number of rotatable bonds is 8. The average Bonchev–Trinajstić information content (AvgIpc) is 2.68. The Bertz CT molecular complexity index is 758. The molecule has 0 aliphatic carbocycles. The number of nitrogens with one attached hydrogen (secondary N) is 2. The molecule has 2 amide bonds. The van der Waals surface area contributed by atoms with Crippen molar-refractivity contribution in [3.63, 3.8) is 0 Å². The molecule has 0 aromatic heterocycles. The Kier molecular flexibility index (Phi) is 8.06. The van der Waals surface area contributed by atoms with E-state index in [-0.39, 0.29) is 35.9 Å². The van der Waals surface area contributed by atoms with Gasteiger partial charge in [0, 0.05) is 32.1 Å². The van der Waals surface area contributed by atoms with E-state index in [0.717, 1.165) is 0 Å². The number of hydrogen-bond donors (Lipinski definition) is 2. The summed E-state index contributed by atoms with van der Waals surface area (Å²) in [5, 5.41) is 2.88. The van der Waals surface area contributed by atoms with Crippen molar-refractivity contribution in [1.82, 2.24) is 14.9 Å². The Hall–Kier alpha value is -2.33. The summed E-state index contributed by atoms with van der Waals surface area (Å²) in [7, 11) is -2.18. The van der Waals surface area contributed by atoms with Crippen LogP contribution in [0.5, 0.6) is 5.75 Å². The smallest absolute Gasteiger partial charge is 0.409 e. The van der Waals surface area contributed by atoms with Crippen molar-refractivity contribution in [3.05, 3.63) is 24.3 Å². The van der Waals surface area contributed by atoms with E-state index < -0.39 is 10.0 Å². The van der Waals surface area contributed by atoms with Gasteiger partial charge in [-0.2, -0.15) is 0 Å². The first-order valence-corrected chi connectivity index (χ1v) is 10.7. The van der Waals surface area contributed by atoms with Crippen LogP contribution in [0.1, 0.15) is 26.2 Å². The van der Waals surface area contributed by atoms with E-state index in [1.807, 2.05) is 0 Å². The van der Waals surface area contributed by atoms with E-state index in [2.05, 4.69) is 10.0 Å². The van der Waals surface area contributed by atoms with Gasteiger partial charge in [-0.15, -0.1) is 0 Å². The molecule has 1 aliphatic heterocycles. The monoisotopic (exact) mass is 413 g/mol. The number of sulfonamides is 1. The molecular weight excluding hydrogens is 386 g/mol. The minimum atomic E-state index is -3.68. The number of benzene rings is 1. The summed E-state index contributed by atoms with van der Waals surface area (Å²) in [5.41, 5.74) is 0. The van der Waals surface area contributed by atoms with E-state index in [4.69, 9.17) is 9.47 Å². The van der Waals surface area contributed by atoms with Crippen LogP contribution in [0.4, 0.5) is 4.79 Å². The van der Waals surface area contributed by atoms with Crippen LogP contribution in [0.25, 0.3) is 0 Å². The van der Waals surface area contributed by atoms with Crippen molar-refractivity contribution in [2.24, 2.45) is 0 Å². The van der Waals surface area contributed by atoms with Gasteiger partial charge < -0.3 is 19.7 Å². The van der Waals surface area contributed by atoms with Crippen molar-refractivity contribution in [1.29, 1.82) is 0 Å². The van der Waals surface area contributed by atoms with Gasteiger partial charge in [-0.05, 0) is 44.0 Å². The molecule has 1 fully saturated rings.